The summed E-state index contributed by atoms with van der Waals surface area (Å²) in [5.41, 5.74) is 1.55. The third kappa shape index (κ3) is 3.61. The van der Waals surface area contributed by atoms with Gasteiger partial charge in [-0.1, -0.05) is 17.7 Å². The molecule has 6 nitrogen and oxygen atoms in total. The second-order valence-corrected chi connectivity index (χ2v) is 5.76. The Hall–Kier alpha value is -2.57. The smallest absolute Gasteiger partial charge is 0.229 e. The van der Waals surface area contributed by atoms with E-state index in [9.17, 15) is 9.59 Å². The largest absolute Gasteiger partial charge is 0.316 e. The van der Waals surface area contributed by atoms with Crippen molar-refractivity contribution in [3.05, 3.63) is 28.8 Å². The maximum atomic E-state index is 12.4. The van der Waals surface area contributed by atoms with E-state index in [2.05, 4.69) is 0 Å². The molecular formula is C16H15ClN4O2. The molecule has 1 aliphatic heterocycles. The van der Waals surface area contributed by atoms with Crippen LogP contribution in [-0.2, 0) is 9.59 Å². The van der Waals surface area contributed by atoms with Crippen LogP contribution in [0.2, 0.25) is 5.02 Å². The van der Waals surface area contributed by atoms with Crippen LogP contribution in [0.1, 0.15) is 12.0 Å². The number of benzene rings is 1. The number of aryl methyl sites for hydroxylation is 1. The molecule has 7 heteroatoms. The van der Waals surface area contributed by atoms with Crippen LogP contribution in [0.15, 0.2) is 18.2 Å². The minimum Gasteiger partial charge on any atom is -0.316 e. The van der Waals surface area contributed by atoms with Crippen LogP contribution in [0, 0.1) is 35.5 Å². The third-order valence-electron chi connectivity index (χ3n) is 3.78. The summed E-state index contributed by atoms with van der Waals surface area (Å²) in [7, 11) is 0. The lowest BCUT2D eigenvalue weighted by molar-refractivity contribution is -0.134. The van der Waals surface area contributed by atoms with Gasteiger partial charge in [-0.05, 0) is 24.6 Å². The zero-order valence-corrected chi connectivity index (χ0v) is 13.4. The Bertz CT molecular complexity index is 704. The number of hydrogen-bond acceptors (Lipinski definition) is 4. The molecule has 1 aromatic rings. The Morgan fingerprint density at radius 1 is 1.39 bits per heavy atom. The number of carbonyl (C=O) groups excluding carboxylic acids is 2. The second-order valence-electron chi connectivity index (χ2n) is 5.35. The van der Waals surface area contributed by atoms with Crippen molar-refractivity contribution in [2.75, 3.05) is 24.5 Å². The van der Waals surface area contributed by atoms with Gasteiger partial charge in [-0.3, -0.25) is 9.59 Å². The van der Waals surface area contributed by atoms with Gasteiger partial charge in [0.25, 0.3) is 0 Å². The molecule has 23 heavy (non-hydrogen) atoms. The van der Waals surface area contributed by atoms with Gasteiger partial charge in [0.05, 0.1) is 18.1 Å². The van der Waals surface area contributed by atoms with Crippen molar-refractivity contribution in [1.29, 1.82) is 10.5 Å². The Morgan fingerprint density at radius 3 is 2.61 bits per heavy atom. The highest BCUT2D eigenvalue weighted by molar-refractivity contribution is 6.31. The van der Waals surface area contributed by atoms with Crippen LogP contribution < -0.4 is 4.90 Å². The van der Waals surface area contributed by atoms with Crippen molar-refractivity contribution >= 4 is 29.1 Å². The molecule has 1 aromatic carbocycles. The fourth-order valence-electron chi connectivity index (χ4n) is 2.51. The van der Waals surface area contributed by atoms with E-state index in [1.54, 1.807) is 12.1 Å². The molecule has 0 saturated carbocycles. The van der Waals surface area contributed by atoms with E-state index in [0.717, 1.165) is 5.56 Å². The molecule has 0 aliphatic carbocycles. The van der Waals surface area contributed by atoms with Crippen molar-refractivity contribution in [2.24, 2.45) is 5.92 Å². The van der Waals surface area contributed by atoms with Crippen LogP contribution in [0.4, 0.5) is 5.69 Å². The van der Waals surface area contributed by atoms with Gasteiger partial charge >= 0.3 is 0 Å². The highest BCUT2D eigenvalue weighted by Gasteiger charge is 2.37. The standard InChI is InChI=1S/C16H15ClN4O2/c1-11-2-3-13(9-14(11)17)21-10-12(8-15(21)22)16(23)20(6-4-18)7-5-19/h2-3,9,12H,6-8,10H2,1H3. The van der Waals surface area contributed by atoms with Gasteiger partial charge in [0, 0.05) is 23.7 Å². The van der Waals surface area contributed by atoms with Crippen molar-refractivity contribution < 1.29 is 9.59 Å². The molecule has 0 radical (unpaired) electrons. The minimum atomic E-state index is -0.552. The van der Waals surface area contributed by atoms with E-state index in [1.807, 2.05) is 25.1 Å². The second kappa shape index (κ2) is 7.13. The number of anilines is 1. The van der Waals surface area contributed by atoms with Crippen LogP contribution in [0.3, 0.4) is 0 Å². The average molecular weight is 331 g/mol. The van der Waals surface area contributed by atoms with Gasteiger partial charge < -0.3 is 9.80 Å². The van der Waals surface area contributed by atoms with E-state index in [-0.39, 0.29) is 37.9 Å². The van der Waals surface area contributed by atoms with E-state index < -0.39 is 5.92 Å². The van der Waals surface area contributed by atoms with Crippen molar-refractivity contribution in [3.8, 4) is 12.1 Å². The number of amides is 2. The molecule has 1 saturated heterocycles. The number of nitriles is 2. The summed E-state index contributed by atoms with van der Waals surface area (Å²) >= 11 is 6.09. The zero-order chi connectivity index (χ0) is 17.0. The highest BCUT2D eigenvalue weighted by atomic mass is 35.5. The maximum absolute atomic E-state index is 12.4. The fraction of sp³-hybridized carbons (Fsp3) is 0.375. The van der Waals surface area contributed by atoms with Gasteiger partial charge in [0.2, 0.25) is 11.8 Å². The predicted molar refractivity (Wildman–Crippen MR) is 84.5 cm³/mol. The van der Waals surface area contributed by atoms with Crippen molar-refractivity contribution in [2.45, 2.75) is 13.3 Å². The summed E-state index contributed by atoms with van der Waals surface area (Å²) in [6.45, 7) is 1.78. The van der Waals surface area contributed by atoms with Gasteiger partial charge in [0.15, 0.2) is 0 Å². The molecule has 1 fully saturated rings. The van der Waals surface area contributed by atoms with E-state index in [1.165, 1.54) is 9.80 Å². The van der Waals surface area contributed by atoms with Crippen LogP contribution in [0.25, 0.3) is 0 Å². The molecule has 0 aromatic heterocycles. The highest BCUT2D eigenvalue weighted by Crippen LogP contribution is 2.29. The van der Waals surface area contributed by atoms with E-state index in [0.29, 0.717) is 10.7 Å². The third-order valence-corrected chi connectivity index (χ3v) is 4.18. The quantitative estimate of drug-likeness (QED) is 0.788. The van der Waals surface area contributed by atoms with Gasteiger partial charge in [-0.2, -0.15) is 10.5 Å². The molecule has 1 heterocycles. The first-order valence-corrected chi connectivity index (χ1v) is 7.45. The van der Waals surface area contributed by atoms with E-state index in [4.69, 9.17) is 22.1 Å². The maximum Gasteiger partial charge on any atom is 0.229 e. The first kappa shape index (κ1) is 16.8. The zero-order valence-electron chi connectivity index (χ0n) is 12.6. The molecule has 0 spiro atoms. The fourth-order valence-corrected chi connectivity index (χ4v) is 2.69. The molecule has 1 unspecified atom stereocenters. The summed E-state index contributed by atoms with van der Waals surface area (Å²) in [6.07, 6.45) is 0.0671. The topological polar surface area (TPSA) is 88.2 Å². The molecule has 1 atom stereocenters. The van der Waals surface area contributed by atoms with Crippen LogP contribution >= 0.6 is 11.6 Å². The Balaban J connectivity index is 2.16. The van der Waals surface area contributed by atoms with Crippen molar-refractivity contribution in [1.82, 2.24) is 4.90 Å². The molecule has 2 rings (SSSR count). The molecule has 0 N–H and O–H groups in total. The monoisotopic (exact) mass is 330 g/mol. The first-order chi connectivity index (χ1) is 11.0. The predicted octanol–water partition coefficient (Wildman–Crippen LogP) is 1.88. The van der Waals surface area contributed by atoms with Crippen LogP contribution in [0.5, 0.6) is 0 Å². The molecule has 2 amide bonds. The molecule has 118 valence electrons. The van der Waals surface area contributed by atoms with Gasteiger partial charge in [0.1, 0.15) is 13.1 Å². The molecular weight excluding hydrogens is 316 g/mol. The lowest BCUT2D eigenvalue weighted by Crippen LogP contribution is -2.38. The van der Waals surface area contributed by atoms with Crippen molar-refractivity contribution in [3.63, 3.8) is 0 Å². The van der Waals surface area contributed by atoms with Crippen LogP contribution in [-0.4, -0.2) is 36.3 Å². The number of carbonyl (C=O) groups is 2. The Kier molecular flexibility index (Phi) is 5.20. The summed E-state index contributed by atoms with van der Waals surface area (Å²) < 4.78 is 0. The summed E-state index contributed by atoms with van der Waals surface area (Å²) in [5.74, 6) is -1.07. The number of hydrogen-bond donors (Lipinski definition) is 0. The first-order valence-electron chi connectivity index (χ1n) is 7.07. The number of nitrogens with zero attached hydrogens (tertiary/aromatic N) is 4. The number of rotatable bonds is 4. The summed E-state index contributed by atoms with van der Waals surface area (Å²) in [5, 5.41) is 18.1. The SMILES string of the molecule is Cc1ccc(N2CC(C(=O)N(CC#N)CC#N)CC2=O)cc1Cl. The Labute approximate surface area is 139 Å². The normalized spacial score (nSPS) is 16.8. The van der Waals surface area contributed by atoms with Gasteiger partial charge in [-0.25, -0.2) is 0 Å². The van der Waals surface area contributed by atoms with E-state index >= 15 is 0 Å². The molecule has 1 aliphatic rings. The lowest BCUT2D eigenvalue weighted by atomic mass is 10.1. The molecule has 0 bridgehead atoms. The number of halogens is 1. The summed E-state index contributed by atoms with van der Waals surface area (Å²) in [4.78, 5) is 27.3. The lowest BCUT2D eigenvalue weighted by Gasteiger charge is -2.21. The minimum absolute atomic E-state index is 0.0671. The summed E-state index contributed by atoms with van der Waals surface area (Å²) in [6, 6.07) is 9.03. The Morgan fingerprint density at radius 2 is 2.04 bits per heavy atom. The average Bonchev–Trinajstić information content (AvgIpc) is 2.91. The van der Waals surface area contributed by atoms with Gasteiger partial charge in [-0.15, -0.1) is 0 Å².